The van der Waals surface area contributed by atoms with Crippen LogP contribution < -0.4 is 0 Å². The highest BCUT2D eigenvalue weighted by molar-refractivity contribution is 6.18. The topological polar surface area (TPSA) is 57.5 Å². The second kappa shape index (κ2) is 8.10. The summed E-state index contributed by atoms with van der Waals surface area (Å²) < 4.78 is 12.6. The lowest BCUT2D eigenvalue weighted by molar-refractivity contribution is -0.165. The molecule has 5 rings (SSSR count). The minimum atomic E-state index is -1.72. The van der Waals surface area contributed by atoms with Gasteiger partial charge in [-0.05, 0) is 45.9 Å². The minimum Gasteiger partial charge on any atom is -0.468 e. The second-order valence-corrected chi connectivity index (χ2v) is 8.03. The van der Waals surface area contributed by atoms with Gasteiger partial charge in [0.25, 0.3) is 0 Å². The first-order valence-corrected chi connectivity index (χ1v) is 10.7. The Hall–Kier alpha value is -4.12. The van der Waals surface area contributed by atoms with Gasteiger partial charge in [0.2, 0.25) is 5.41 Å². The number of methoxy groups -OCH3 is 2. The highest BCUT2D eigenvalue weighted by atomic mass is 16.5. The maximum absolute atomic E-state index is 13.7. The molecule has 0 amide bonds. The van der Waals surface area contributed by atoms with E-state index in [4.69, 9.17) is 9.47 Å². The second-order valence-electron chi connectivity index (χ2n) is 8.03. The molecule has 0 aliphatic heterocycles. The molecule has 164 valence electrons. The van der Waals surface area contributed by atoms with Crippen molar-refractivity contribution in [2.75, 3.05) is 14.2 Å². The number of nitrogens with zero attached hydrogens (tertiary/aromatic N) is 1. The number of rotatable bonds is 4. The number of para-hydroxylation sites is 1. The van der Waals surface area contributed by atoms with Gasteiger partial charge >= 0.3 is 11.9 Å². The molecule has 5 heteroatoms. The molecule has 1 aliphatic rings. The van der Waals surface area contributed by atoms with Crippen molar-refractivity contribution in [1.82, 2.24) is 4.57 Å². The van der Waals surface area contributed by atoms with E-state index in [0.717, 1.165) is 27.6 Å². The first-order chi connectivity index (χ1) is 16.1. The third-order valence-electron chi connectivity index (χ3n) is 6.41. The van der Waals surface area contributed by atoms with Crippen LogP contribution in [-0.2, 0) is 19.1 Å². The van der Waals surface area contributed by atoms with E-state index in [-0.39, 0.29) is 0 Å². The first kappa shape index (κ1) is 20.8. The standard InChI is InChI=1S/C28H23NO4/c1-32-26(30)28(27(31)33-2)23(18-19-10-4-3-5-11-19)21-13-7-8-14-22(21)25(28)29-17-16-20-12-6-9-15-24(20)29/h3-18,25H,1-2H3/b23-18-. The number of hydrogen-bond donors (Lipinski definition) is 0. The SMILES string of the molecule is COC(=O)C1(C(=O)OC)/C(=C\c2ccccc2)c2ccccc2C1n1ccc2ccccc21. The number of carbonyl (C=O) groups excluding carboxylic acids is 2. The van der Waals surface area contributed by atoms with Gasteiger partial charge in [-0.15, -0.1) is 0 Å². The zero-order valence-corrected chi connectivity index (χ0v) is 18.4. The average Bonchev–Trinajstić information content (AvgIpc) is 3.41. The normalized spacial score (nSPS) is 17.6. The Labute approximate surface area is 191 Å². The van der Waals surface area contributed by atoms with Gasteiger partial charge in [0.1, 0.15) is 0 Å². The van der Waals surface area contributed by atoms with Crippen LogP contribution in [-0.4, -0.2) is 30.7 Å². The molecule has 0 bridgehead atoms. The number of hydrogen-bond acceptors (Lipinski definition) is 4. The summed E-state index contributed by atoms with van der Waals surface area (Å²) in [5.74, 6) is -1.31. The van der Waals surface area contributed by atoms with E-state index in [0.29, 0.717) is 5.57 Å². The summed E-state index contributed by atoms with van der Waals surface area (Å²) in [7, 11) is 2.61. The van der Waals surface area contributed by atoms with E-state index >= 15 is 0 Å². The Bertz CT molecular complexity index is 1370. The van der Waals surface area contributed by atoms with Crippen LogP contribution in [0.5, 0.6) is 0 Å². The van der Waals surface area contributed by atoms with Crippen LogP contribution in [0.15, 0.2) is 91.1 Å². The van der Waals surface area contributed by atoms with Gasteiger partial charge in [0.05, 0.1) is 20.3 Å². The molecule has 0 fully saturated rings. The van der Waals surface area contributed by atoms with E-state index in [1.54, 1.807) is 0 Å². The van der Waals surface area contributed by atoms with Gasteiger partial charge in [0, 0.05) is 11.7 Å². The molecule has 0 N–H and O–H groups in total. The highest BCUT2D eigenvalue weighted by Gasteiger charge is 2.63. The molecule has 0 saturated carbocycles. The van der Waals surface area contributed by atoms with Gasteiger partial charge in [0.15, 0.2) is 0 Å². The Morgan fingerprint density at radius 2 is 1.45 bits per heavy atom. The fourth-order valence-corrected chi connectivity index (χ4v) is 5.02. The summed E-state index contributed by atoms with van der Waals surface area (Å²) in [5, 5.41) is 1.01. The third-order valence-corrected chi connectivity index (χ3v) is 6.41. The number of carbonyl (C=O) groups is 2. The van der Waals surface area contributed by atoms with Crippen molar-refractivity contribution in [3.63, 3.8) is 0 Å². The van der Waals surface area contributed by atoms with Crippen LogP contribution in [0.4, 0.5) is 0 Å². The van der Waals surface area contributed by atoms with Crippen LogP contribution >= 0.6 is 0 Å². The molecule has 0 radical (unpaired) electrons. The molecule has 1 aromatic heterocycles. The summed E-state index contributed by atoms with van der Waals surface area (Å²) in [4.78, 5) is 27.3. The van der Waals surface area contributed by atoms with E-state index in [9.17, 15) is 9.59 Å². The summed E-state index contributed by atoms with van der Waals surface area (Å²) in [6, 6.07) is 26.6. The van der Waals surface area contributed by atoms with E-state index < -0.39 is 23.4 Å². The maximum Gasteiger partial charge on any atom is 0.330 e. The Kier molecular flexibility index (Phi) is 5.09. The molecular formula is C28H23NO4. The summed E-state index contributed by atoms with van der Waals surface area (Å²) in [5.41, 5.74) is 2.31. The van der Waals surface area contributed by atoms with Crippen LogP contribution in [0.1, 0.15) is 22.7 Å². The molecule has 0 saturated heterocycles. The van der Waals surface area contributed by atoms with E-state index in [1.807, 2.05) is 102 Å². The summed E-state index contributed by atoms with van der Waals surface area (Å²) in [6.07, 6.45) is 3.80. The summed E-state index contributed by atoms with van der Waals surface area (Å²) in [6.45, 7) is 0. The molecule has 5 nitrogen and oxygen atoms in total. The lowest BCUT2D eigenvalue weighted by Crippen LogP contribution is -2.46. The average molecular weight is 437 g/mol. The van der Waals surface area contributed by atoms with Crippen molar-refractivity contribution < 1.29 is 19.1 Å². The summed E-state index contributed by atoms with van der Waals surface area (Å²) >= 11 is 0. The van der Waals surface area contributed by atoms with Gasteiger partial charge in [-0.25, -0.2) is 0 Å². The fraction of sp³-hybridized carbons (Fsp3) is 0.143. The van der Waals surface area contributed by atoms with Crippen LogP contribution in [0, 0.1) is 5.41 Å². The zero-order chi connectivity index (χ0) is 23.0. The van der Waals surface area contributed by atoms with Gasteiger partial charge < -0.3 is 14.0 Å². The Morgan fingerprint density at radius 3 is 2.18 bits per heavy atom. The molecule has 1 atom stereocenters. The molecule has 1 aliphatic carbocycles. The number of ether oxygens (including phenoxy) is 2. The first-order valence-electron chi connectivity index (χ1n) is 10.7. The Balaban J connectivity index is 1.90. The molecule has 0 spiro atoms. The van der Waals surface area contributed by atoms with Crippen LogP contribution in [0.25, 0.3) is 22.6 Å². The largest absolute Gasteiger partial charge is 0.468 e. The van der Waals surface area contributed by atoms with Crippen molar-refractivity contribution in [2.45, 2.75) is 6.04 Å². The number of fused-ring (bicyclic) bond motifs is 2. The minimum absolute atomic E-state index is 0.561. The van der Waals surface area contributed by atoms with Crippen molar-refractivity contribution in [1.29, 1.82) is 0 Å². The lowest BCUT2D eigenvalue weighted by Gasteiger charge is -2.33. The van der Waals surface area contributed by atoms with E-state index in [2.05, 4.69) is 0 Å². The molecule has 1 heterocycles. The van der Waals surface area contributed by atoms with Crippen LogP contribution in [0.3, 0.4) is 0 Å². The van der Waals surface area contributed by atoms with Gasteiger partial charge in [-0.3, -0.25) is 9.59 Å². The predicted octanol–water partition coefficient (Wildman–Crippen LogP) is 5.12. The third kappa shape index (κ3) is 3.00. The highest BCUT2D eigenvalue weighted by Crippen LogP contribution is 2.58. The van der Waals surface area contributed by atoms with E-state index in [1.165, 1.54) is 14.2 Å². The molecule has 33 heavy (non-hydrogen) atoms. The monoisotopic (exact) mass is 437 g/mol. The maximum atomic E-state index is 13.7. The lowest BCUT2D eigenvalue weighted by atomic mass is 9.76. The van der Waals surface area contributed by atoms with Crippen molar-refractivity contribution in [3.05, 3.63) is 108 Å². The Morgan fingerprint density at radius 1 is 0.818 bits per heavy atom. The molecule has 3 aromatic carbocycles. The number of esters is 2. The zero-order valence-electron chi connectivity index (χ0n) is 18.4. The van der Waals surface area contributed by atoms with Gasteiger partial charge in [-0.1, -0.05) is 72.8 Å². The smallest absolute Gasteiger partial charge is 0.330 e. The molecular weight excluding hydrogens is 414 g/mol. The molecule has 4 aromatic rings. The van der Waals surface area contributed by atoms with Crippen molar-refractivity contribution >= 4 is 34.5 Å². The number of benzene rings is 3. The quantitative estimate of drug-likeness (QED) is 0.329. The van der Waals surface area contributed by atoms with Crippen molar-refractivity contribution in [3.8, 4) is 0 Å². The van der Waals surface area contributed by atoms with Gasteiger partial charge in [-0.2, -0.15) is 0 Å². The molecule has 1 unspecified atom stereocenters. The number of aromatic nitrogens is 1. The fourth-order valence-electron chi connectivity index (χ4n) is 5.02. The predicted molar refractivity (Wildman–Crippen MR) is 127 cm³/mol. The van der Waals surface area contributed by atoms with Crippen molar-refractivity contribution in [2.24, 2.45) is 5.41 Å². The van der Waals surface area contributed by atoms with Crippen LogP contribution in [0.2, 0.25) is 0 Å².